The molecular formula is C14H22N2O2S. The summed E-state index contributed by atoms with van der Waals surface area (Å²) in [6, 6.07) is 7.07. The van der Waals surface area contributed by atoms with E-state index in [1.54, 1.807) is 12.1 Å². The Morgan fingerprint density at radius 1 is 1.26 bits per heavy atom. The monoisotopic (exact) mass is 282 g/mol. The number of para-hydroxylation sites is 1. The molecule has 1 fully saturated rings. The molecule has 0 spiro atoms. The first-order chi connectivity index (χ1) is 9.02. The summed E-state index contributed by atoms with van der Waals surface area (Å²) in [4.78, 5) is 0.372. The maximum Gasteiger partial charge on any atom is 0.177 e. The molecule has 1 aromatic rings. The lowest BCUT2D eigenvalue weighted by atomic mass is 9.96. The highest BCUT2D eigenvalue weighted by atomic mass is 32.2. The number of hydrogen-bond acceptors (Lipinski definition) is 4. The van der Waals surface area contributed by atoms with Crippen molar-refractivity contribution in [2.75, 3.05) is 24.7 Å². The minimum Gasteiger partial charge on any atom is -0.384 e. The van der Waals surface area contributed by atoms with E-state index >= 15 is 0 Å². The van der Waals surface area contributed by atoms with E-state index in [-0.39, 0.29) is 0 Å². The van der Waals surface area contributed by atoms with Gasteiger partial charge in [0.25, 0.3) is 0 Å². The minimum absolute atomic E-state index is 0.372. The van der Waals surface area contributed by atoms with E-state index in [0.717, 1.165) is 13.1 Å². The number of nitrogens with two attached hydrogens (primary N) is 1. The van der Waals surface area contributed by atoms with Gasteiger partial charge in [0, 0.05) is 12.8 Å². The van der Waals surface area contributed by atoms with Crippen molar-refractivity contribution in [1.29, 1.82) is 0 Å². The molecule has 0 bridgehead atoms. The normalized spacial score (nSPS) is 23.5. The van der Waals surface area contributed by atoms with Crippen LogP contribution in [0.25, 0.3) is 0 Å². The summed E-state index contributed by atoms with van der Waals surface area (Å²) in [5.41, 5.74) is 6.47. The van der Waals surface area contributed by atoms with E-state index < -0.39 is 9.84 Å². The first-order valence-electron chi connectivity index (χ1n) is 6.75. The van der Waals surface area contributed by atoms with Gasteiger partial charge in [-0.2, -0.15) is 0 Å². The van der Waals surface area contributed by atoms with E-state index in [9.17, 15) is 8.42 Å². The van der Waals surface area contributed by atoms with Crippen LogP contribution in [-0.2, 0) is 9.84 Å². The highest BCUT2D eigenvalue weighted by molar-refractivity contribution is 7.90. The predicted octanol–water partition coefficient (Wildman–Crippen LogP) is 1.88. The van der Waals surface area contributed by atoms with Crippen molar-refractivity contribution in [2.45, 2.75) is 24.2 Å². The molecule has 1 aromatic carbocycles. The fourth-order valence-electron chi connectivity index (χ4n) is 2.87. The Labute approximate surface area is 115 Å². The zero-order chi connectivity index (χ0) is 13.9. The first-order valence-corrected chi connectivity index (χ1v) is 8.64. The van der Waals surface area contributed by atoms with Gasteiger partial charge in [-0.25, -0.2) is 8.42 Å². The average Bonchev–Trinajstić information content (AvgIpc) is 2.83. The van der Waals surface area contributed by atoms with Gasteiger partial charge in [-0.3, -0.25) is 0 Å². The number of nitrogens with one attached hydrogen (secondary N) is 1. The quantitative estimate of drug-likeness (QED) is 0.865. The SMILES string of the molecule is CS(=O)(=O)c1ccccc1NCC1CCCC1CN. The molecule has 5 heteroatoms. The molecule has 19 heavy (non-hydrogen) atoms. The Balaban J connectivity index is 2.08. The van der Waals surface area contributed by atoms with Gasteiger partial charge in [0.1, 0.15) is 0 Å². The molecule has 0 radical (unpaired) electrons. The van der Waals surface area contributed by atoms with Gasteiger partial charge in [0.15, 0.2) is 9.84 Å². The Hall–Kier alpha value is -1.07. The minimum atomic E-state index is -3.19. The van der Waals surface area contributed by atoms with E-state index in [1.807, 2.05) is 12.1 Å². The molecule has 1 saturated carbocycles. The summed E-state index contributed by atoms with van der Waals surface area (Å²) in [5.74, 6) is 1.12. The van der Waals surface area contributed by atoms with Gasteiger partial charge < -0.3 is 11.1 Å². The molecule has 2 rings (SSSR count). The number of benzene rings is 1. The van der Waals surface area contributed by atoms with Crippen molar-refractivity contribution in [1.82, 2.24) is 0 Å². The molecule has 0 amide bonds. The summed E-state index contributed by atoms with van der Waals surface area (Å²) < 4.78 is 23.4. The molecule has 2 atom stereocenters. The summed E-state index contributed by atoms with van der Waals surface area (Å²) in [6.07, 6.45) is 4.83. The number of rotatable bonds is 5. The molecule has 1 aliphatic rings. The van der Waals surface area contributed by atoms with Gasteiger partial charge in [-0.1, -0.05) is 18.6 Å². The Morgan fingerprint density at radius 2 is 1.95 bits per heavy atom. The van der Waals surface area contributed by atoms with Crippen LogP contribution in [0.1, 0.15) is 19.3 Å². The average molecular weight is 282 g/mol. The van der Waals surface area contributed by atoms with Crippen molar-refractivity contribution < 1.29 is 8.42 Å². The van der Waals surface area contributed by atoms with Gasteiger partial charge in [-0.15, -0.1) is 0 Å². The largest absolute Gasteiger partial charge is 0.384 e. The fraction of sp³-hybridized carbons (Fsp3) is 0.571. The summed E-state index contributed by atoms with van der Waals surface area (Å²) in [5, 5.41) is 3.29. The third-order valence-electron chi connectivity index (χ3n) is 3.96. The van der Waals surface area contributed by atoms with Crippen LogP contribution in [0.5, 0.6) is 0 Å². The molecule has 1 aliphatic carbocycles. The van der Waals surface area contributed by atoms with Crippen LogP contribution in [0, 0.1) is 11.8 Å². The van der Waals surface area contributed by atoms with Crippen LogP contribution in [-0.4, -0.2) is 27.8 Å². The summed E-state index contributed by atoms with van der Waals surface area (Å²) in [7, 11) is -3.19. The predicted molar refractivity (Wildman–Crippen MR) is 77.9 cm³/mol. The van der Waals surface area contributed by atoms with E-state index in [0.29, 0.717) is 22.4 Å². The van der Waals surface area contributed by atoms with Crippen molar-refractivity contribution in [2.24, 2.45) is 17.6 Å². The lowest BCUT2D eigenvalue weighted by Gasteiger charge is -2.20. The molecule has 0 aliphatic heterocycles. The van der Waals surface area contributed by atoms with Crippen molar-refractivity contribution >= 4 is 15.5 Å². The first kappa shape index (κ1) is 14.3. The second-order valence-electron chi connectivity index (χ2n) is 5.34. The Morgan fingerprint density at radius 3 is 2.63 bits per heavy atom. The molecule has 4 nitrogen and oxygen atoms in total. The summed E-state index contributed by atoms with van der Waals surface area (Å²) >= 11 is 0. The van der Waals surface area contributed by atoms with E-state index in [1.165, 1.54) is 25.5 Å². The van der Waals surface area contributed by atoms with Gasteiger partial charge in [-0.05, 0) is 43.4 Å². The third kappa shape index (κ3) is 3.48. The van der Waals surface area contributed by atoms with Crippen molar-refractivity contribution in [3.8, 4) is 0 Å². The summed E-state index contributed by atoms with van der Waals surface area (Å²) in [6.45, 7) is 1.52. The lowest BCUT2D eigenvalue weighted by Crippen LogP contribution is -2.24. The molecule has 0 heterocycles. The fourth-order valence-corrected chi connectivity index (χ4v) is 3.74. The zero-order valence-electron chi connectivity index (χ0n) is 11.3. The van der Waals surface area contributed by atoms with Crippen molar-refractivity contribution in [3.63, 3.8) is 0 Å². The van der Waals surface area contributed by atoms with Crippen LogP contribution >= 0.6 is 0 Å². The Kier molecular flexibility index (Phi) is 4.47. The molecule has 0 saturated heterocycles. The number of hydrogen-bond donors (Lipinski definition) is 2. The van der Waals surface area contributed by atoms with Crippen LogP contribution in [0.15, 0.2) is 29.2 Å². The van der Waals surface area contributed by atoms with Crippen LogP contribution in [0.3, 0.4) is 0 Å². The van der Waals surface area contributed by atoms with Crippen LogP contribution in [0.2, 0.25) is 0 Å². The number of anilines is 1. The molecule has 3 N–H and O–H groups in total. The second kappa shape index (κ2) is 5.92. The van der Waals surface area contributed by atoms with Gasteiger partial charge in [0.2, 0.25) is 0 Å². The molecule has 106 valence electrons. The molecular weight excluding hydrogens is 260 g/mol. The zero-order valence-corrected chi connectivity index (χ0v) is 12.1. The third-order valence-corrected chi connectivity index (χ3v) is 5.12. The van der Waals surface area contributed by atoms with Gasteiger partial charge >= 0.3 is 0 Å². The smallest absolute Gasteiger partial charge is 0.177 e. The van der Waals surface area contributed by atoms with E-state index in [2.05, 4.69) is 5.32 Å². The Bertz CT molecular complexity index is 528. The highest BCUT2D eigenvalue weighted by Gasteiger charge is 2.26. The van der Waals surface area contributed by atoms with Crippen LogP contribution in [0.4, 0.5) is 5.69 Å². The molecule has 2 unspecified atom stereocenters. The highest BCUT2D eigenvalue weighted by Crippen LogP contribution is 2.31. The van der Waals surface area contributed by atoms with Crippen molar-refractivity contribution in [3.05, 3.63) is 24.3 Å². The lowest BCUT2D eigenvalue weighted by molar-refractivity contribution is 0.414. The topological polar surface area (TPSA) is 72.2 Å². The maximum absolute atomic E-state index is 11.7. The van der Waals surface area contributed by atoms with E-state index in [4.69, 9.17) is 5.73 Å². The maximum atomic E-state index is 11.7. The second-order valence-corrected chi connectivity index (χ2v) is 7.32. The molecule has 0 aromatic heterocycles. The number of sulfone groups is 1. The standard InChI is InChI=1S/C14H22N2O2S/c1-19(17,18)14-8-3-2-7-13(14)16-10-12-6-4-5-11(12)9-15/h2-3,7-8,11-12,16H,4-6,9-10,15H2,1H3. The van der Waals surface area contributed by atoms with Gasteiger partial charge in [0.05, 0.1) is 10.6 Å². The van der Waals surface area contributed by atoms with Crippen LogP contribution < -0.4 is 11.1 Å².